The Balaban J connectivity index is 3.99. The van der Waals surface area contributed by atoms with E-state index in [-0.39, 0.29) is 5.92 Å². The Morgan fingerprint density at radius 1 is 1.00 bits per heavy atom. The summed E-state index contributed by atoms with van der Waals surface area (Å²) in [6.45, 7) is 31.8. The maximum Gasteiger partial charge on any atom is 0.116 e. The highest BCUT2D eigenvalue weighted by atomic mass is 16.5. The van der Waals surface area contributed by atoms with E-state index < -0.39 is 0 Å². The Hall–Kier alpha value is -2.54. The molecular formula is C27H36O. The van der Waals surface area contributed by atoms with Crippen LogP contribution in [0.15, 0.2) is 83.7 Å². The van der Waals surface area contributed by atoms with Crippen LogP contribution in [0.2, 0.25) is 0 Å². The molecule has 1 unspecified atom stereocenters. The zero-order valence-corrected chi connectivity index (χ0v) is 18.8. The van der Waals surface area contributed by atoms with Gasteiger partial charge in [0, 0.05) is 11.5 Å². The van der Waals surface area contributed by atoms with Gasteiger partial charge in [0.25, 0.3) is 0 Å². The first-order valence-electron chi connectivity index (χ1n) is 9.81. The topological polar surface area (TPSA) is 9.23 Å². The van der Waals surface area contributed by atoms with E-state index in [1.54, 1.807) is 0 Å². The Labute approximate surface area is 172 Å². The van der Waals surface area contributed by atoms with Crippen molar-refractivity contribution in [1.82, 2.24) is 0 Å². The van der Waals surface area contributed by atoms with Crippen molar-refractivity contribution in [2.45, 2.75) is 54.4 Å². The predicted molar refractivity (Wildman–Crippen MR) is 125 cm³/mol. The highest BCUT2D eigenvalue weighted by molar-refractivity contribution is 5.59. The zero-order valence-electron chi connectivity index (χ0n) is 18.8. The van der Waals surface area contributed by atoms with E-state index in [9.17, 15) is 0 Å². The van der Waals surface area contributed by atoms with Crippen LogP contribution in [-0.4, -0.2) is 6.61 Å². The standard InChI is InChI=1S/C27H36O/c1-12-23-14-15-24(20(9)16-23)27(25(18(5)6)19(7)8)26(21(10)17(3)4)22(11)28-13-2/h12,14-16,27H,1,3,5,11,13H2,2,4,6-10H3/b26-21+. The van der Waals surface area contributed by atoms with E-state index in [4.69, 9.17) is 4.74 Å². The van der Waals surface area contributed by atoms with Gasteiger partial charge in [-0.15, -0.1) is 0 Å². The largest absolute Gasteiger partial charge is 0.494 e. The van der Waals surface area contributed by atoms with Crippen LogP contribution >= 0.6 is 0 Å². The first kappa shape index (κ1) is 23.5. The fraction of sp³-hybridized carbons (Fsp3) is 0.333. The molecule has 0 fully saturated rings. The molecule has 0 spiro atoms. The minimum absolute atomic E-state index is 0.0166. The Kier molecular flexibility index (Phi) is 8.50. The zero-order chi connectivity index (χ0) is 21.6. The van der Waals surface area contributed by atoms with E-state index in [1.165, 1.54) is 22.3 Å². The Morgan fingerprint density at radius 2 is 1.61 bits per heavy atom. The highest BCUT2D eigenvalue weighted by Gasteiger charge is 2.28. The molecule has 0 aliphatic rings. The number of ether oxygens (including phenoxy) is 1. The fourth-order valence-corrected chi connectivity index (χ4v) is 3.64. The molecule has 0 amide bonds. The maximum absolute atomic E-state index is 5.91. The van der Waals surface area contributed by atoms with Crippen molar-refractivity contribution in [1.29, 1.82) is 0 Å². The van der Waals surface area contributed by atoms with Crippen molar-refractivity contribution in [2.75, 3.05) is 6.61 Å². The molecule has 1 heteroatoms. The van der Waals surface area contributed by atoms with Crippen LogP contribution < -0.4 is 0 Å². The van der Waals surface area contributed by atoms with Crippen molar-refractivity contribution >= 4 is 6.08 Å². The molecule has 0 aliphatic heterocycles. The van der Waals surface area contributed by atoms with E-state index in [2.05, 4.69) is 79.1 Å². The predicted octanol–water partition coefficient (Wildman–Crippen LogP) is 8.08. The summed E-state index contributed by atoms with van der Waals surface area (Å²) in [5.74, 6) is 0.678. The molecule has 1 atom stereocenters. The molecule has 0 bridgehead atoms. The quantitative estimate of drug-likeness (QED) is 0.313. The summed E-state index contributed by atoms with van der Waals surface area (Å²) < 4.78 is 5.91. The molecule has 1 aromatic carbocycles. The lowest BCUT2D eigenvalue weighted by atomic mass is 9.75. The van der Waals surface area contributed by atoms with Crippen molar-refractivity contribution in [3.05, 3.63) is 100 Å². The van der Waals surface area contributed by atoms with Crippen molar-refractivity contribution in [3.63, 3.8) is 0 Å². The second-order valence-corrected chi connectivity index (χ2v) is 7.62. The minimum atomic E-state index is -0.0166. The summed E-state index contributed by atoms with van der Waals surface area (Å²) in [7, 11) is 0. The third-order valence-corrected chi connectivity index (χ3v) is 5.08. The number of hydrogen-bond donors (Lipinski definition) is 0. The number of aryl methyl sites for hydroxylation is 1. The summed E-state index contributed by atoms with van der Waals surface area (Å²) in [5, 5.41) is 0. The summed E-state index contributed by atoms with van der Waals surface area (Å²) in [6.07, 6.45) is 1.88. The molecule has 1 rings (SSSR count). The molecule has 1 aromatic rings. The molecule has 0 saturated heterocycles. The third kappa shape index (κ3) is 5.25. The van der Waals surface area contributed by atoms with Gasteiger partial charge in [-0.25, -0.2) is 0 Å². The lowest BCUT2D eigenvalue weighted by Gasteiger charge is -2.30. The average molecular weight is 377 g/mol. The number of benzene rings is 1. The molecular weight excluding hydrogens is 340 g/mol. The minimum Gasteiger partial charge on any atom is -0.494 e. The van der Waals surface area contributed by atoms with Crippen LogP contribution in [0.4, 0.5) is 0 Å². The van der Waals surface area contributed by atoms with E-state index in [1.807, 2.05) is 19.9 Å². The van der Waals surface area contributed by atoms with Crippen LogP contribution in [0, 0.1) is 6.92 Å². The summed E-state index contributed by atoms with van der Waals surface area (Å²) >= 11 is 0. The van der Waals surface area contributed by atoms with Crippen LogP contribution in [0.25, 0.3) is 6.08 Å². The lowest BCUT2D eigenvalue weighted by Crippen LogP contribution is -2.15. The Morgan fingerprint density at radius 3 is 2.00 bits per heavy atom. The summed E-state index contributed by atoms with van der Waals surface area (Å²) in [6, 6.07) is 6.47. The molecule has 0 aliphatic carbocycles. The average Bonchev–Trinajstić information content (AvgIpc) is 2.60. The van der Waals surface area contributed by atoms with Gasteiger partial charge in [-0.2, -0.15) is 0 Å². The molecule has 150 valence electrons. The van der Waals surface area contributed by atoms with Crippen molar-refractivity contribution in [2.24, 2.45) is 0 Å². The number of allylic oxidation sites excluding steroid dienone is 6. The molecule has 0 radical (unpaired) electrons. The van der Waals surface area contributed by atoms with Crippen LogP contribution in [-0.2, 0) is 4.74 Å². The molecule has 0 aromatic heterocycles. The van der Waals surface area contributed by atoms with E-state index in [0.717, 1.165) is 27.9 Å². The fourth-order valence-electron chi connectivity index (χ4n) is 3.64. The van der Waals surface area contributed by atoms with E-state index >= 15 is 0 Å². The van der Waals surface area contributed by atoms with Gasteiger partial charge in [0.1, 0.15) is 5.76 Å². The van der Waals surface area contributed by atoms with Gasteiger partial charge in [0.15, 0.2) is 0 Å². The van der Waals surface area contributed by atoms with Gasteiger partial charge in [-0.05, 0) is 76.3 Å². The molecule has 0 N–H and O–H groups in total. The van der Waals surface area contributed by atoms with Gasteiger partial charge in [-0.1, -0.05) is 67.3 Å². The summed E-state index contributed by atoms with van der Waals surface area (Å²) in [5.41, 5.74) is 10.2. The van der Waals surface area contributed by atoms with Gasteiger partial charge < -0.3 is 4.74 Å². The van der Waals surface area contributed by atoms with Crippen molar-refractivity contribution < 1.29 is 4.74 Å². The van der Waals surface area contributed by atoms with E-state index in [0.29, 0.717) is 12.4 Å². The normalized spacial score (nSPS) is 12.5. The summed E-state index contributed by atoms with van der Waals surface area (Å²) in [4.78, 5) is 0. The number of hydrogen-bond acceptors (Lipinski definition) is 1. The maximum atomic E-state index is 5.91. The van der Waals surface area contributed by atoms with Gasteiger partial charge >= 0.3 is 0 Å². The van der Waals surface area contributed by atoms with Crippen LogP contribution in [0.1, 0.15) is 64.2 Å². The lowest BCUT2D eigenvalue weighted by molar-refractivity contribution is 0.236. The first-order chi connectivity index (χ1) is 13.1. The van der Waals surface area contributed by atoms with Crippen molar-refractivity contribution in [3.8, 4) is 0 Å². The first-order valence-corrected chi connectivity index (χ1v) is 9.81. The second-order valence-electron chi connectivity index (χ2n) is 7.62. The molecule has 0 saturated carbocycles. The molecule has 1 nitrogen and oxygen atoms in total. The monoisotopic (exact) mass is 376 g/mol. The molecule has 28 heavy (non-hydrogen) atoms. The third-order valence-electron chi connectivity index (χ3n) is 5.08. The van der Waals surface area contributed by atoms with Gasteiger partial charge in [0.2, 0.25) is 0 Å². The SMILES string of the molecule is C=Cc1ccc(C(C(C(=C)C)=C(C)C)/C(C(=C)OCC)=C(\C)C(=C)C)c(C)c1. The van der Waals surface area contributed by atoms with Crippen LogP contribution in [0.5, 0.6) is 0 Å². The van der Waals surface area contributed by atoms with Gasteiger partial charge in [-0.3, -0.25) is 0 Å². The smallest absolute Gasteiger partial charge is 0.116 e. The van der Waals surface area contributed by atoms with Crippen LogP contribution in [0.3, 0.4) is 0 Å². The van der Waals surface area contributed by atoms with Gasteiger partial charge in [0.05, 0.1) is 6.61 Å². The molecule has 0 heterocycles. The second kappa shape index (κ2) is 10.1. The number of rotatable bonds is 9. The highest BCUT2D eigenvalue weighted by Crippen LogP contribution is 2.43. The Bertz CT molecular complexity index is 854.